The molecule has 2 heterocycles. The first-order valence-electron chi connectivity index (χ1n) is 5.76. The largest absolute Gasteiger partial charge is 0.478 e. The number of hydrogen-bond donors (Lipinski definition) is 1. The third kappa shape index (κ3) is 1.97. The van der Waals surface area contributed by atoms with Crippen LogP contribution in [0.15, 0.2) is 34.7 Å². The van der Waals surface area contributed by atoms with Crippen molar-refractivity contribution < 1.29 is 14.3 Å². The number of fused-ring (bicyclic) bond motifs is 1. The van der Waals surface area contributed by atoms with Crippen molar-refractivity contribution in [3.05, 3.63) is 47.4 Å². The highest BCUT2D eigenvalue weighted by Gasteiger charge is 2.15. The van der Waals surface area contributed by atoms with Crippen LogP contribution in [0.5, 0.6) is 0 Å². The Bertz CT molecular complexity index is 757. The van der Waals surface area contributed by atoms with Gasteiger partial charge in [-0.25, -0.2) is 9.48 Å². The number of rotatable bonds is 3. The van der Waals surface area contributed by atoms with E-state index in [9.17, 15) is 9.90 Å². The Morgan fingerprint density at radius 2 is 2.21 bits per heavy atom. The molecule has 1 N–H and O–H groups in total. The second-order valence-corrected chi connectivity index (χ2v) is 4.24. The summed E-state index contributed by atoms with van der Waals surface area (Å²) in [4.78, 5) is 11.2. The van der Waals surface area contributed by atoms with E-state index in [2.05, 4.69) is 10.3 Å². The van der Waals surface area contributed by atoms with Crippen LogP contribution in [0.1, 0.15) is 21.9 Å². The number of aromatic carboxylic acids is 1. The molecule has 0 aliphatic rings. The summed E-state index contributed by atoms with van der Waals surface area (Å²) in [5, 5.41) is 17.2. The zero-order valence-electron chi connectivity index (χ0n) is 10.2. The van der Waals surface area contributed by atoms with Crippen LogP contribution >= 0.6 is 0 Å². The van der Waals surface area contributed by atoms with Crippen LogP contribution in [-0.2, 0) is 6.54 Å². The number of hydrogen-bond acceptors (Lipinski definition) is 4. The smallest absolute Gasteiger partial charge is 0.337 e. The normalized spacial score (nSPS) is 11.0. The van der Waals surface area contributed by atoms with Gasteiger partial charge in [-0.05, 0) is 31.2 Å². The molecule has 96 valence electrons. The Balaban J connectivity index is 2.11. The highest BCUT2D eigenvalue weighted by molar-refractivity contribution is 6.00. The Morgan fingerprint density at radius 3 is 2.89 bits per heavy atom. The summed E-state index contributed by atoms with van der Waals surface area (Å²) in [6.45, 7) is 2.21. The highest BCUT2D eigenvalue weighted by Crippen LogP contribution is 2.18. The molecule has 0 amide bonds. The van der Waals surface area contributed by atoms with Crippen LogP contribution < -0.4 is 0 Å². The van der Waals surface area contributed by atoms with E-state index in [4.69, 9.17) is 4.42 Å². The Kier molecular flexibility index (Phi) is 2.56. The third-order valence-corrected chi connectivity index (χ3v) is 2.87. The van der Waals surface area contributed by atoms with Gasteiger partial charge in [0.2, 0.25) is 0 Å². The molecule has 0 fully saturated rings. The van der Waals surface area contributed by atoms with Gasteiger partial charge >= 0.3 is 5.97 Å². The average Bonchev–Trinajstić information content (AvgIpc) is 2.97. The number of aromatic nitrogens is 3. The van der Waals surface area contributed by atoms with E-state index < -0.39 is 5.97 Å². The Hall–Kier alpha value is -2.63. The predicted molar refractivity (Wildman–Crippen MR) is 67.0 cm³/mol. The lowest BCUT2D eigenvalue weighted by Gasteiger charge is -2.02. The van der Waals surface area contributed by atoms with Gasteiger partial charge < -0.3 is 9.52 Å². The lowest BCUT2D eigenvalue weighted by molar-refractivity contribution is 0.0698. The van der Waals surface area contributed by atoms with E-state index in [0.29, 0.717) is 23.3 Å². The van der Waals surface area contributed by atoms with Gasteiger partial charge in [0.1, 0.15) is 29.1 Å². The topological polar surface area (TPSA) is 81.2 Å². The first-order valence-corrected chi connectivity index (χ1v) is 5.76. The second-order valence-electron chi connectivity index (χ2n) is 4.24. The number of para-hydroxylation sites is 1. The van der Waals surface area contributed by atoms with Crippen molar-refractivity contribution in [3.63, 3.8) is 0 Å². The highest BCUT2D eigenvalue weighted by atomic mass is 16.4. The molecular weight excluding hydrogens is 246 g/mol. The molecule has 0 bridgehead atoms. The van der Waals surface area contributed by atoms with Crippen LogP contribution in [0.25, 0.3) is 11.0 Å². The number of benzene rings is 1. The van der Waals surface area contributed by atoms with Gasteiger partial charge in [-0.3, -0.25) is 0 Å². The van der Waals surface area contributed by atoms with Crippen molar-refractivity contribution in [3.8, 4) is 0 Å². The number of carbonyl (C=O) groups is 1. The quantitative estimate of drug-likeness (QED) is 0.776. The number of aryl methyl sites for hydroxylation is 1. The molecular formula is C13H11N3O3. The van der Waals surface area contributed by atoms with Gasteiger partial charge in [-0.15, -0.1) is 5.10 Å². The minimum absolute atomic E-state index is 0.186. The molecule has 0 aliphatic heterocycles. The molecule has 0 unspecified atom stereocenters. The molecule has 0 spiro atoms. The van der Waals surface area contributed by atoms with E-state index >= 15 is 0 Å². The molecule has 0 saturated carbocycles. The lowest BCUT2D eigenvalue weighted by atomic mass is 10.2. The lowest BCUT2D eigenvalue weighted by Crippen LogP contribution is -2.05. The standard InChI is InChI=1S/C13H11N3O3/c1-8-5-6-9(19-8)7-16-12-10(13(17)18)3-2-4-11(12)14-15-16/h2-6H,7H2,1H3,(H,17,18). The summed E-state index contributed by atoms with van der Waals surface area (Å²) in [6.07, 6.45) is 0. The molecule has 2 aromatic heterocycles. The molecule has 3 aromatic rings. The number of carboxylic acids is 1. The van der Waals surface area contributed by atoms with Crippen molar-refractivity contribution in [2.24, 2.45) is 0 Å². The van der Waals surface area contributed by atoms with Gasteiger partial charge in [0, 0.05) is 0 Å². The van der Waals surface area contributed by atoms with Crippen molar-refractivity contribution in [1.29, 1.82) is 0 Å². The molecule has 0 aliphatic carbocycles. The summed E-state index contributed by atoms with van der Waals surface area (Å²) in [7, 11) is 0. The van der Waals surface area contributed by atoms with Gasteiger partial charge in [-0.1, -0.05) is 11.3 Å². The summed E-state index contributed by atoms with van der Waals surface area (Å²) in [5.74, 6) is 0.521. The fraction of sp³-hybridized carbons (Fsp3) is 0.154. The summed E-state index contributed by atoms with van der Waals surface area (Å²) >= 11 is 0. The fourth-order valence-corrected chi connectivity index (χ4v) is 2.03. The summed E-state index contributed by atoms with van der Waals surface area (Å²) < 4.78 is 7.01. The maximum absolute atomic E-state index is 11.2. The number of carboxylic acid groups (broad SMARTS) is 1. The van der Waals surface area contributed by atoms with Crippen molar-refractivity contribution in [2.45, 2.75) is 13.5 Å². The molecule has 6 heteroatoms. The molecule has 19 heavy (non-hydrogen) atoms. The molecule has 0 atom stereocenters. The Morgan fingerprint density at radius 1 is 1.37 bits per heavy atom. The Labute approximate surface area is 108 Å². The van der Waals surface area contributed by atoms with E-state index in [1.807, 2.05) is 19.1 Å². The molecule has 0 radical (unpaired) electrons. The maximum atomic E-state index is 11.2. The van der Waals surface area contributed by atoms with Crippen molar-refractivity contribution in [1.82, 2.24) is 15.0 Å². The zero-order chi connectivity index (χ0) is 13.4. The fourth-order valence-electron chi connectivity index (χ4n) is 2.03. The summed E-state index contributed by atoms with van der Waals surface area (Å²) in [6, 6.07) is 8.62. The first-order chi connectivity index (χ1) is 9.15. The average molecular weight is 257 g/mol. The molecule has 1 aromatic carbocycles. The zero-order valence-corrected chi connectivity index (χ0v) is 10.2. The number of nitrogens with zero attached hydrogens (tertiary/aromatic N) is 3. The maximum Gasteiger partial charge on any atom is 0.337 e. The molecule has 3 rings (SSSR count). The second kappa shape index (κ2) is 4.24. The van der Waals surface area contributed by atoms with Gasteiger partial charge in [0.05, 0.1) is 5.56 Å². The SMILES string of the molecule is Cc1ccc(Cn2nnc3cccc(C(=O)O)c32)o1. The van der Waals surface area contributed by atoms with Gasteiger partial charge in [-0.2, -0.15) is 0 Å². The van der Waals surface area contributed by atoms with Gasteiger partial charge in [0.25, 0.3) is 0 Å². The van der Waals surface area contributed by atoms with Crippen molar-refractivity contribution >= 4 is 17.0 Å². The van der Waals surface area contributed by atoms with E-state index in [-0.39, 0.29) is 5.56 Å². The number of furan rings is 1. The third-order valence-electron chi connectivity index (χ3n) is 2.87. The van der Waals surface area contributed by atoms with Crippen molar-refractivity contribution in [2.75, 3.05) is 0 Å². The van der Waals surface area contributed by atoms with Crippen LogP contribution in [-0.4, -0.2) is 26.1 Å². The molecule has 0 saturated heterocycles. The van der Waals surface area contributed by atoms with E-state index in [0.717, 1.165) is 5.76 Å². The molecule has 6 nitrogen and oxygen atoms in total. The van der Waals surface area contributed by atoms with Gasteiger partial charge in [0.15, 0.2) is 0 Å². The summed E-state index contributed by atoms with van der Waals surface area (Å²) in [5.41, 5.74) is 1.25. The van der Waals surface area contributed by atoms with Crippen LogP contribution in [0.2, 0.25) is 0 Å². The minimum atomic E-state index is -0.996. The van der Waals surface area contributed by atoms with Crippen LogP contribution in [0.3, 0.4) is 0 Å². The van der Waals surface area contributed by atoms with E-state index in [1.165, 1.54) is 10.7 Å². The van der Waals surface area contributed by atoms with Crippen LogP contribution in [0.4, 0.5) is 0 Å². The van der Waals surface area contributed by atoms with E-state index in [1.54, 1.807) is 12.1 Å². The van der Waals surface area contributed by atoms with Crippen LogP contribution in [0, 0.1) is 6.92 Å². The predicted octanol–water partition coefficient (Wildman–Crippen LogP) is 2.08. The monoisotopic (exact) mass is 257 g/mol. The minimum Gasteiger partial charge on any atom is -0.478 e. The first kappa shape index (κ1) is 11.5.